The van der Waals surface area contributed by atoms with Crippen LogP contribution >= 0.6 is 24.2 Å². The van der Waals surface area contributed by atoms with Crippen molar-refractivity contribution in [3.8, 4) is 0 Å². The van der Waals surface area contributed by atoms with Crippen molar-refractivity contribution in [2.45, 2.75) is 76.1 Å². The molecule has 0 saturated carbocycles. The zero-order chi connectivity index (χ0) is 27.2. The quantitative estimate of drug-likeness (QED) is 0.461. The van der Waals surface area contributed by atoms with Gasteiger partial charge in [0.05, 0.1) is 11.9 Å². The van der Waals surface area contributed by atoms with Gasteiger partial charge in [0.1, 0.15) is 12.6 Å². The Hall–Kier alpha value is -2.75. The molecule has 2 aromatic carbocycles. The number of halogens is 1. The van der Waals surface area contributed by atoms with Crippen LogP contribution in [0.15, 0.2) is 60.7 Å². The zero-order valence-corrected chi connectivity index (χ0v) is 24.1. The molecule has 8 nitrogen and oxygen atoms in total. The molecule has 1 aliphatic rings. The van der Waals surface area contributed by atoms with Crippen LogP contribution in [0.5, 0.6) is 0 Å². The van der Waals surface area contributed by atoms with Crippen LogP contribution in [0.4, 0.5) is 4.79 Å². The Balaban J connectivity index is 0.00000507. The number of ether oxygens (including phenoxy) is 2. The number of carbonyl (C=O) groups excluding carboxylic acids is 3. The summed E-state index contributed by atoms with van der Waals surface area (Å²) in [6.45, 7) is 9.50. The number of amides is 2. The van der Waals surface area contributed by atoms with Crippen LogP contribution in [-0.2, 0) is 32.1 Å². The number of nitrogens with zero attached hydrogens (tertiary/aromatic N) is 1. The highest BCUT2D eigenvalue weighted by Crippen LogP contribution is 2.40. The number of nitrogens with one attached hydrogen (secondary N) is 1. The Morgan fingerprint density at radius 1 is 1.05 bits per heavy atom. The number of hydrogen-bond acceptors (Lipinski definition) is 7. The maximum Gasteiger partial charge on any atom is 0.509 e. The molecular formula is C28H38ClN3O5S. The van der Waals surface area contributed by atoms with Gasteiger partial charge in [-0.3, -0.25) is 9.59 Å². The van der Waals surface area contributed by atoms with E-state index in [1.165, 1.54) is 16.7 Å². The van der Waals surface area contributed by atoms with Gasteiger partial charge in [-0.2, -0.15) is 0 Å². The van der Waals surface area contributed by atoms with Crippen LogP contribution in [0.2, 0.25) is 0 Å². The highest BCUT2D eigenvalue weighted by Gasteiger charge is 2.51. The minimum atomic E-state index is -1.33. The third-order valence-corrected chi connectivity index (χ3v) is 7.32. The molecule has 38 heavy (non-hydrogen) atoms. The lowest BCUT2D eigenvalue weighted by molar-refractivity contribution is -0.148. The van der Waals surface area contributed by atoms with Gasteiger partial charge in [-0.1, -0.05) is 60.7 Å². The summed E-state index contributed by atoms with van der Waals surface area (Å²) in [5.41, 5.74) is 7.68. The predicted octanol–water partition coefficient (Wildman–Crippen LogP) is 4.30. The van der Waals surface area contributed by atoms with E-state index in [2.05, 4.69) is 5.32 Å². The van der Waals surface area contributed by atoms with Gasteiger partial charge >= 0.3 is 6.16 Å². The van der Waals surface area contributed by atoms with Gasteiger partial charge in [0.15, 0.2) is 6.10 Å². The van der Waals surface area contributed by atoms with E-state index in [-0.39, 0.29) is 30.8 Å². The summed E-state index contributed by atoms with van der Waals surface area (Å²) in [7, 11) is 0. The first-order chi connectivity index (χ1) is 17.4. The summed E-state index contributed by atoms with van der Waals surface area (Å²) in [4.78, 5) is 41.3. The lowest BCUT2D eigenvalue weighted by Gasteiger charge is -2.35. The van der Waals surface area contributed by atoms with Crippen molar-refractivity contribution >= 4 is 42.1 Å². The SMILES string of the molecule is CC(C)(C)NC(=O)[C@H]1N(C(=O)[C@@H](OC(=O)OCc2ccccc2)[C@@H](N)Cc2ccccc2)CSC1(C)C.Cl. The first-order valence-electron chi connectivity index (χ1n) is 12.3. The molecule has 1 saturated heterocycles. The Labute approximate surface area is 235 Å². The maximum absolute atomic E-state index is 13.9. The van der Waals surface area contributed by atoms with Gasteiger partial charge in [0.25, 0.3) is 5.91 Å². The van der Waals surface area contributed by atoms with Crippen molar-refractivity contribution in [3.63, 3.8) is 0 Å². The summed E-state index contributed by atoms with van der Waals surface area (Å²) >= 11 is 1.49. The number of rotatable bonds is 8. The van der Waals surface area contributed by atoms with Crippen LogP contribution in [0, 0.1) is 0 Å². The number of nitrogens with two attached hydrogens (primary N) is 1. The van der Waals surface area contributed by atoms with Crippen LogP contribution in [0.1, 0.15) is 45.7 Å². The van der Waals surface area contributed by atoms with Crippen LogP contribution in [0.3, 0.4) is 0 Å². The fraction of sp³-hybridized carbons (Fsp3) is 0.464. The zero-order valence-electron chi connectivity index (χ0n) is 22.5. The van der Waals surface area contributed by atoms with Crippen LogP contribution in [0.25, 0.3) is 0 Å². The monoisotopic (exact) mass is 563 g/mol. The van der Waals surface area contributed by atoms with Gasteiger partial charge in [0.2, 0.25) is 5.91 Å². The Morgan fingerprint density at radius 3 is 2.16 bits per heavy atom. The second-order valence-electron chi connectivity index (χ2n) is 10.7. The fourth-order valence-corrected chi connectivity index (χ4v) is 5.32. The molecule has 0 bridgehead atoms. The average molecular weight is 564 g/mol. The topological polar surface area (TPSA) is 111 Å². The second kappa shape index (κ2) is 13.4. The highest BCUT2D eigenvalue weighted by molar-refractivity contribution is 8.00. The summed E-state index contributed by atoms with van der Waals surface area (Å²) in [6, 6.07) is 17.0. The first-order valence-corrected chi connectivity index (χ1v) is 13.3. The van der Waals surface area contributed by atoms with Crippen molar-refractivity contribution < 1.29 is 23.9 Å². The number of thioether (sulfide) groups is 1. The van der Waals surface area contributed by atoms with E-state index < -0.39 is 40.5 Å². The molecule has 0 radical (unpaired) electrons. The molecule has 1 fully saturated rings. The molecule has 0 spiro atoms. The normalized spacial score (nSPS) is 18.1. The van der Waals surface area contributed by atoms with Gasteiger partial charge in [-0.05, 0) is 52.2 Å². The molecule has 0 aromatic heterocycles. The van der Waals surface area contributed by atoms with Gasteiger partial charge in [-0.25, -0.2) is 4.79 Å². The maximum atomic E-state index is 13.9. The van der Waals surface area contributed by atoms with Crippen molar-refractivity contribution in [1.82, 2.24) is 10.2 Å². The van der Waals surface area contributed by atoms with Crippen molar-refractivity contribution in [1.29, 1.82) is 0 Å². The molecule has 3 atom stereocenters. The summed E-state index contributed by atoms with van der Waals surface area (Å²) in [5, 5.41) is 2.98. The minimum Gasteiger partial charge on any atom is -0.429 e. The fourth-order valence-electron chi connectivity index (χ4n) is 4.18. The molecule has 2 amide bonds. The molecule has 208 valence electrons. The van der Waals surface area contributed by atoms with Crippen molar-refractivity contribution in [2.24, 2.45) is 5.73 Å². The Bertz CT molecular complexity index is 1080. The smallest absolute Gasteiger partial charge is 0.429 e. The van der Waals surface area contributed by atoms with Gasteiger partial charge in [0, 0.05) is 10.3 Å². The molecule has 1 heterocycles. The van der Waals surface area contributed by atoms with Crippen molar-refractivity contribution in [3.05, 3.63) is 71.8 Å². The van der Waals surface area contributed by atoms with E-state index in [9.17, 15) is 14.4 Å². The van der Waals surface area contributed by atoms with Gasteiger partial charge < -0.3 is 25.4 Å². The molecule has 3 rings (SSSR count). The summed E-state index contributed by atoms with van der Waals surface area (Å²) < 4.78 is 10.3. The van der Waals surface area contributed by atoms with Crippen molar-refractivity contribution in [2.75, 3.05) is 5.88 Å². The summed E-state index contributed by atoms with van der Waals surface area (Å²) in [6.07, 6.45) is -2.03. The van der Waals surface area contributed by atoms with E-state index in [1.807, 2.05) is 95.3 Å². The molecule has 0 unspecified atom stereocenters. The number of benzene rings is 2. The molecular weight excluding hydrogens is 526 g/mol. The predicted molar refractivity (Wildman–Crippen MR) is 152 cm³/mol. The van der Waals surface area contributed by atoms with E-state index in [0.717, 1.165) is 11.1 Å². The average Bonchev–Trinajstić information content (AvgIpc) is 3.16. The molecule has 2 aromatic rings. The third-order valence-electron chi connectivity index (χ3n) is 5.94. The molecule has 3 N–H and O–H groups in total. The molecule has 10 heteroatoms. The Kier molecular flexibility index (Phi) is 11.1. The van der Waals surface area contributed by atoms with E-state index in [0.29, 0.717) is 6.42 Å². The standard InChI is InChI=1S/C28H37N3O5S.ClH/c1-27(2,3)30-24(32)23-28(4,5)37-18-31(23)25(33)22(21(29)16-19-12-8-6-9-13-19)36-26(34)35-17-20-14-10-7-11-15-20;/h6-15,21-23H,16-18,29H2,1-5H3,(H,30,32);1H/t21-,22-,23+;/m0./s1. The number of hydrogen-bond donors (Lipinski definition) is 2. The first kappa shape index (κ1) is 31.5. The molecule has 1 aliphatic heterocycles. The largest absolute Gasteiger partial charge is 0.509 e. The lowest BCUT2D eigenvalue weighted by atomic mass is 9.96. The minimum absolute atomic E-state index is 0. The summed E-state index contributed by atoms with van der Waals surface area (Å²) in [5.74, 6) is -0.518. The number of carbonyl (C=O) groups is 3. The second-order valence-corrected chi connectivity index (χ2v) is 12.3. The van der Waals surface area contributed by atoms with E-state index >= 15 is 0 Å². The van der Waals surface area contributed by atoms with Crippen LogP contribution < -0.4 is 11.1 Å². The molecule has 0 aliphatic carbocycles. The van der Waals surface area contributed by atoms with Crippen LogP contribution in [-0.4, -0.2) is 57.2 Å². The van der Waals surface area contributed by atoms with E-state index in [1.54, 1.807) is 0 Å². The Morgan fingerprint density at radius 2 is 1.61 bits per heavy atom. The highest BCUT2D eigenvalue weighted by atomic mass is 35.5. The lowest BCUT2D eigenvalue weighted by Crippen LogP contribution is -2.60. The van der Waals surface area contributed by atoms with Gasteiger partial charge in [-0.15, -0.1) is 24.2 Å². The third kappa shape index (κ3) is 8.64. The van der Waals surface area contributed by atoms with E-state index in [4.69, 9.17) is 15.2 Å².